The summed E-state index contributed by atoms with van der Waals surface area (Å²) in [5.74, 6) is -0.789. The van der Waals surface area contributed by atoms with Gasteiger partial charge in [0, 0.05) is 17.3 Å². The van der Waals surface area contributed by atoms with Gasteiger partial charge < -0.3 is 10.0 Å². The number of hydrogen-bond acceptors (Lipinski definition) is 3. The standard InChI is InChI=1S/C19H21NO3S/c21-18(17-11-12-5-1-4-8-16(12)24-17)20-10-9-14(19(22)23)13-6-2-3-7-15(13)20/h1,4-5,8,11,13-15H,2-3,6-7,9-10H2,(H,22,23). The van der Waals surface area contributed by atoms with Gasteiger partial charge in [-0.15, -0.1) is 11.3 Å². The zero-order valence-corrected chi connectivity index (χ0v) is 14.3. The van der Waals surface area contributed by atoms with Crippen molar-refractivity contribution in [1.82, 2.24) is 4.90 Å². The van der Waals surface area contributed by atoms with E-state index in [1.807, 2.05) is 35.2 Å². The molecule has 1 aromatic carbocycles. The second kappa shape index (κ2) is 6.20. The van der Waals surface area contributed by atoms with Gasteiger partial charge in [0.1, 0.15) is 0 Å². The first-order valence-corrected chi connectivity index (χ1v) is 9.49. The predicted octanol–water partition coefficient (Wildman–Crippen LogP) is 4.01. The average molecular weight is 343 g/mol. The molecular weight excluding hydrogens is 322 g/mol. The van der Waals surface area contributed by atoms with Gasteiger partial charge in [0.15, 0.2) is 0 Å². The van der Waals surface area contributed by atoms with E-state index < -0.39 is 5.97 Å². The SMILES string of the molecule is O=C(O)C1CCN(C(=O)c2cc3ccccc3s2)C2CCCCC12. The summed E-state index contributed by atoms with van der Waals surface area (Å²) < 4.78 is 1.13. The smallest absolute Gasteiger partial charge is 0.306 e. The van der Waals surface area contributed by atoms with Gasteiger partial charge >= 0.3 is 5.97 Å². The summed E-state index contributed by atoms with van der Waals surface area (Å²) in [6, 6.07) is 10.1. The van der Waals surface area contributed by atoms with Gasteiger partial charge in [-0.1, -0.05) is 31.0 Å². The third kappa shape index (κ3) is 2.61. The van der Waals surface area contributed by atoms with Gasteiger partial charge in [-0.2, -0.15) is 0 Å². The van der Waals surface area contributed by atoms with E-state index in [0.717, 1.165) is 40.6 Å². The van der Waals surface area contributed by atoms with Gasteiger partial charge in [-0.3, -0.25) is 9.59 Å². The van der Waals surface area contributed by atoms with Gasteiger partial charge in [0.05, 0.1) is 10.8 Å². The lowest BCUT2D eigenvalue weighted by atomic mass is 9.72. The molecule has 1 N–H and O–H groups in total. The van der Waals surface area contributed by atoms with Crippen molar-refractivity contribution in [1.29, 1.82) is 0 Å². The maximum atomic E-state index is 13.1. The van der Waals surface area contributed by atoms with Crippen molar-refractivity contribution < 1.29 is 14.7 Å². The number of carboxylic acids is 1. The van der Waals surface area contributed by atoms with Crippen LogP contribution in [0.25, 0.3) is 10.1 Å². The summed E-state index contributed by atoms with van der Waals surface area (Å²) >= 11 is 1.54. The fraction of sp³-hybridized carbons (Fsp3) is 0.474. The Morgan fingerprint density at radius 3 is 2.71 bits per heavy atom. The van der Waals surface area contributed by atoms with Crippen LogP contribution in [0, 0.1) is 11.8 Å². The lowest BCUT2D eigenvalue weighted by molar-refractivity contribution is -0.147. The van der Waals surface area contributed by atoms with Crippen LogP contribution in [0.3, 0.4) is 0 Å². The van der Waals surface area contributed by atoms with Crippen LogP contribution in [0.2, 0.25) is 0 Å². The minimum absolute atomic E-state index is 0.0805. The molecule has 1 amide bonds. The Hall–Kier alpha value is -1.88. The highest BCUT2D eigenvalue weighted by atomic mass is 32.1. The first-order chi connectivity index (χ1) is 11.6. The lowest BCUT2D eigenvalue weighted by Gasteiger charge is -2.46. The first kappa shape index (κ1) is 15.6. The van der Waals surface area contributed by atoms with Crippen molar-refractivity contribution in [3.05, 3.63) is 35.2 Å². The van der Waals surface area contributed by atoms with E-state index in [9.17, 15) is 14.7 Å². The summed E-state index contributed by atoms with van der Waals surface area (Å²) in [6.45, 7) is 0.561. The highest BCUT2D eigenvalue weighted by Gasteiger charge is 2.44. The van der Waals surface area contributed by atoms with E-state index in [2.05, 4.69) is 0 Å². The molecular formula is C19H21NO3S. The number of nitrogens with zero attached hydrogens (tertiary/aromatic N) is 1. The molecule has 2 aromatic rings. The summed E-state index contributed by atoms with van der Waals surface area (Å²) in [5, 5.41) is 10.6. The highest BCUT2D eigenvalue weighted by Crippen LogP contribution is 2.40. The monoisotopic (exact) mass is 343 g/mol. The molecule has 1 aliphatic carbocycles. The van der Waals surface area contributed by atoms with Crippen LogP contribution in [-0.4, -0.2) is 34.5 Å². The molecule has 3 atom stereocenters. The van der Waals surface area contributed by atoms with Crippen molar-refractivity contribution >= 4 is 33.3 Å². The maximum absolute atomic E-state index is 13.1. The van der Waals surface area contributed by atoms with E-state index >= 15 is 0 Å². The van der Waals surface area contributed by atoms with E-state index in [4.69, 9.17) is 0 Å². The molecule has 0 bridgehead atoms. The van der Waals surface area contributed by atoms with E-state index in [-0.39, 0.29) is 23.8 Å². The molecule has 0 radical (unpaired) electrons. The molecule has 1 saturated carbocycles. The molecule has 0 spiro atoms. The molecule has 24 heavy (non-hydrogen) atoms. The second-order valence-electron chi connectivity index (χ2n) is 6.90. The maximum Gasteiger partial charge on any atom is 0.306 e. The Bertz CT molecular complexity index is 751. The third-order valence-corrected chi connectivity index (χ3v) is 6.70. The highest BCUT2D eigenvalue weighted by molar-refractivity contribution is 7.20. The third-order valence-electron chi connectivity index (χ3n) is 5.59. The molecule has 4 nitrogen and oxygen atoms in total. The quantitative estimate of drug-likeness (QED) is 0.896. The van der Waals surface area contributed by atoms with Crippen LogP contribution in [0.1, 0.15) is 41.8 Å². The molecule has 1 saturated heterocycles. The van der Waals surface area contributed by atoms with E-state index in [1.54, 1.807) is 0 Å². The van der Waals surface area contributed by atoms with Crippen LogP contribution in [-0.2, 0) is 4.79 Å². The number of rotatable bonds is 2. The van der Waals surface area contributed by atoms with Gasteiger partial charge in [0.2, 0.25) is 0 Å². The molecule has 1 aliphatic heterocycles. The predicted molar refractivity (Wildman–Crippen MR) is 94.4 cm³/mol. The normalized spacial score (nSPS) is 27.0. The Morgan fingerprint density at radius 1 is 1.12 bits per heavy atom. The molecule has 2 fully saturated rings. The van der Waals surface area contributed by atoms with Crippen LogP contribution in [0.15, 0.2) is 30.3 Å². The molecule has 2 aliphatic rings. The molecule has 2 heterocycles. The number of carbonyl (C=O) groups excluding carboxylic acids is 1. The van der Waals surface area contributed by atoms with Crippen LogP contribution in [0.5, 0.6) is 0 Å². The van der Waals surface area contributed by atoms with Crippen LogP contribution in [0.4, 0.5) is 0 Å². The number of carbonyl (C=O) groups is 2. The minimum atomic E-state index is -0.694. The van der Waals surface area contributed by atoms with Gasteiger partial charge in [-0.05, 0) is 42.7 Å². The molecule has 126 valence electrons. The fourth-order valence-electron chi connectivity index (χ4n) is 4.44. The number of piperidine rings is 1. The Labute approximate surface area is 145 Å². The topological polar surface area (TPSA) is 57.6 Å². The number of likely N-dealkylation sites (tertiary alicyclic amines) is 1. The van der Waals surface area contributed by atoms with Crippen molar-refractivity contribution in [3.63, 3.8) is 0 Å². The van der Waals surface area contributed by atoms with Crippen molar-refractivity contribution in [3.8, 4) is 0 Å². The molecule has 5 heteroatoms. The Kier molecular flexibility index (Phi) is 4.04. The van der Waals surface area contributed by atoms with Crippen LogP contribution >= 0.6 is 11.3 Å². The van der Waals surface area contributed by atoms with E-state index in [1.165, 1.54) is 11.3 Å². The number of benzene rings is 1. The summed E-state index contributed by atoms with van der Waals surface area (Å²) in [6.07, 6.45) is 4.61. The number of carboxylic acid groups (broad SMARTS) is 1. The number of hydrogen-bond donors (Lipinski definition) is 1. The van der Waals surface area contributed by atoms with E-state index in [0.29, 0.717) is 13.0 Å². The molecule has 1 aromatic heterocycles. The number of amides is 1. The zero-order chi connectivity index (χ0) is 16.7. The summed E-state index contributed by atoms with van der Waals surface area (Å²) in [4.78, 5) is 27.4. The first-order valence-electron chi connectivity index (χ1n) is 8.67. The molecule has 4 rings (SSSR count). The summed E-state index contributed by atoms with van der Waals surface area (Å²) in [7, 11) is 0. The van der Waals surface area contributed by atoms with Crippen LogP contribution < -0.4 is 0 Å². The van der Waals surface area contributed by atoms with Crippen molar-refractivity contribution in [2.75, 3.05) is 6.54 Å². The average Bonchev–Trinajstić information content (AvgIpc) is 3.04. The number of aliphatic carboxylic acids is 1. The van der Waals surface area contributed by atoms with Crippen molar-refractivity contribution in [2.24, 2.45) is 11.8 Å². The second-order valence-corrected chi connectivity index (χ2v) is 7.98. The number of thiophene rings is 1. The lowest BCUT2D eigenvalue weighted by Crippen LogP contribution is -2.54. The molecule has 3 unspecified atom stereocenters. The number of fused-ring (bicyclic) bond motifs is 2. The fourth-order valence-corrected chi connectivity index (χ4v) is 5.46. The minimum Gasteiger partial charge on any atom is -0.481 e. The van der Waals surface area contributed by atoms with Crippen molar-refractivity contribution in [2.45, 2.75) is 38.1 Å². The van der Waals surface area contributed by atoms with Gasteiger partial charge in [0.25, 0.3) is 5.91 Å². The summed E-state index contributed by atoms with van der Waals surface area (Å²) in [5.41, 5.74) is 0. The van der Waals surface area contributed by atoms with Gasteiger partial charge in [-0.25, -0.2) is 0 Å². The zero-order valence-electron chi connectivity index (χ0n) is 13.5. The Balaban J connectivity index is 1.62. The largest absolute Gasteiger partial charge is 0.481 e. The Morgan fingerprint density at radius 2 is 1.92 bits per heavy atom.